The fraction of sp³-hybridized carbons (Fsp3) is 0.231. The van der Waals surface area contributed by atoms with Gasteiger partial charge in [-0.15, -0.1) is 35.4 Å². The molecule has 3 rings (SSSR count). The number of benzene rings is 1. The maximum atomic E-state index is 8.87. The third-order valence-corrected chi connectivity index (χ3v) is 2.90. The van der Waals surface area contributed by atoms with Crippen LogP contribution in [-0.4, -0.2) is 9.55 Å². The number of fused-ring (bicyclic) bond motifs is 3. The van der Waals surface area contributed by atoms with Crippen molar-refractivity contribution in [1.29, 1.82) is 5.26 Å². The molecule has 0 saturated carbocycles. The molecule has 0 spiro atoms. The summed E-state index contributed by atoms with van der Waals surface area (Å²) in [7, 11) is 0. The summed E-state index contributed by atoms with van der Waals surface area (Å²) >= 11 is 0. The Kier molecular flexibility index (Phi) is 3.42. The minimum absolute atomic E-state index is 0. The van der Waals surface area contributed by atoms with Gasteiger partial charge in [0.25, 0.3) is 0 Å². The number of nitrogens with zero attached hydrogens (tertiary/aromatic N) is 3. The topological polar surface area (TPSA) is 41.6 Å². The van der Waals surface area contributed by atoms with Crippen LogP contribution in [0.3, 0.4) is 0 Å². The summed E-state index contributed by atoms with van der Waals surface area (Å²) in [5.41, 5.74) is 2.80. The fourth-order valence-electron chi connectivity index (χ4n) is 2.17. The number of aromatic nitrogens is 2. The van der Waals surface area contributed by atoms with E-state index in [4.69, 9.17) is 5.26 Å². The third kappa shape index (κ3) is 2.04. The van der Waals surface area contributed by atoms with Gasteiger partial charge in [-0.3, -0.25) is 4.98 Å². The van der Waals surface area contributed by atoms with Gasteiger partial charge in [0.1, 0.15) is 11.8 Å². The first-order chi connectivity index (χ1) is 7.88. The normalized spacial score (nSPS) is 12.6. The molecule has 0 N–H and O–H groups in total. The Morgan fingerprint density at radius 2 is 2.35 bits per heavy atom. The number of imidazole rings is 1. The van der Waals surface area contributed by atoms with Crippen molar-refractivity contribution in [3.8, 4) is 17.5 Å². The zero-order valence-corrected chi connectivity index (χ0v) is 11.5. The Bertz CT molecular complexity index is 581. The Labute approximate surface area is 113 Å². The minimum atomic E-state index is 0. The van der Waals surface area contributed by atoms with E-state index >= 15 is 0 Å². The molecule has 0 bridgehead atoms. The summed E-state index contributed by atoms with van der Waals surface area (Å²) in [5, 5.41) is 8.87. The van der Waals surface area contributed by atoms with Gasteiger partial charge < -0.3 is 4.57 Å². The Hall–Kier alpha value is -1.43. The van der Waals surface area contributed by atoms with Gasteiger partial charge >= 0.3 is 0 Å². The molecule has 0 unspecified atom stereocenters. The van der Waals surface area contributed by atoms with E-state index in [0.717, 1.165) is 30.8 Å². The molecule has 17 heavy (non-hydrogen) atoms. The first-order valence-corrected chi connectivity index (χ1v) is 5.36. The molecule has 2 aromatic rings. The quantitative estimate of drug-likeness (QED) is 0.636. The first kappa shape index (κ1) is 12.0. The predicted octanol–water partition coefficient (Wildman–Crippen LogP) is 2.17. The number of hydrogen-bond acceptors (Lipinski definition) is 2. The maximum Gasteiger partial charge on any atom is 0.147 e. The molecular formula is C13H10IrN3-. The average Bonchev–Trinajstić information content (AvgIpc) is 2.66. The Balaban J connectivity index is 0.00000108. The average molecular weight is 400 g/mol. The molecule has 0 aliphatic carbocycles. The Morgan fingerprint density at radius 1 is 1.47 bits per heavy atom. The molecule has 1 aliphatic rings. The van der Waals surface area contributed by atoms with Crippen LogP contribution < -0.4 is 0 Å². The zero-order valence-electron chi connectivity index (χ0n) is 9.11. The number of hydrogen-bond donors (Lipinski definition) is 0. The first-order valence-electron chi connectivity index (χ1n) is 5.36. The van der Waals surface area contributed by atoms with Crippen molar-refractivity contribution in [3.05, 3.63) is 41.7 Å². The van der Waals surface area contributed by atoms with Crippen LogP contribution in [0.15, 0.2) is 24.4 Å². The van der Waals surface area contributed by atoms with Gasteiger partial charge in [-0.05, 0) is 6.42 Å². The standard InChI is InChI=1S/C13H10N3.Ir/c14-8-11-9-16-7-3-5-10-4-1-2-6-12(10)13(16)15-11;/h1-2,4,9H,3,5,7H2;/q-1;. The summed E-state index contributed by atoms with van der Waals surface area (Å²) in [6.07, 6.45) is 3.96. The predicted molar refractivity (Wildman–Crippen MR) is 59.5 cm³/mol. The Morgan fingerprint density at radius 3 is 3.18 bits per heavy atom. The van der Waals surface area contributed by atoms with Crippen LogP contribution in [0.2, 0.25) is 0 Å². The molecule has 2 heterocycles. The van der Waals surface area contributed by atoms with Crippen molar-refractivity contribution in [1.82, 2.24) is 9.55 Å². The summed E-state index contributed by atoms with van der Waals surface area (Å²) in [5.74, 6) is 0.879. The van der Waals surface area contributed by atoms with Crippen molar-refractivity contribution in [2.75, 3.05) is 0 Å². The van der Waals surface area contributed by atoms with Gasteiger partial charge in [-0.2, -0.15) is 5.26 Å². The van der Waals surface area contributed by atoms with E-state index in [1.54, 1.807) is 0 Å². The van der Waals surface area contributed by atoms with E-state index in [-0.39, 0.29) is 20.1 Å². The molecule has 1 aromatic heterocycles. The van der Waals surface area contributed by atoms with Crippen molar-refractivity contribution in [3.63, 3.8) is 0 Å². The van der Waals surface area contributed by atoms with Gasteiger partial charge in [0, 0.05) is 32.8 Å². The molecule has 0 atom stereocenters. The van der Waals surface area contributed by atoms with Crippen molar-refractivity contribution < 1.29 is 20.1 Å². The van der Waals surface area contributed by atoms with Crippen LogP contribution in [-0.2, 0) is 33.1 Å². The van der Waals surface area contributed by atoms with Crippen LogP contribution in [0, 0.1) is 17.4 Å². The summed E-state index contributed by atoms with van der Waals surface area (Å²) in [6.45, 7) is 0.923. The van der Waals surface area contributed by atoms with E-state index < -0.39 is 0 Å². The summed E-state index contributed by atoms with van der Waals surface area (Å²) in [4.78, 5) is 4.34. The summed E-state index contributed by atoms with van der Waals surface area (Å²) < 4.78 is 2.06. The zero-order chi connectivity index (χ0) is 11.0. The molecule has 1 radical (unpaired) electrons. The molecule has 3 nitrogen and oxygen atoms in total. The van der Waals surface area contributed by atoms with Crippen molar-refractivity contribution in [2.24, 2.45) is 0 Å². The molecule has 87 valence electrons. The maximum absolute atomic E-state index is 8.87. The second kappa shape index (κ2) is 4.83. The summed E-state index contributed by atoms with van der Waals surface area (Å²) in [6, 6.07) is 11.3. The van der Waals surface area contributed by atoms with E-state index in [9.17, 15) is 0 Å². The van der Waals surface area contributed by atoms with Crippen LogP contribution in [0.5, 0.6) is 0 Å². The van der Waals surface area contributed by atoms with Crippen molar-refractivity contribution >= 4 is 0 Å². The number of nitriles is 1. The number of aryl methyl sites for hydroxylation is 2. The molecule has 0 fully saturated rings. The fourth-order valence-corrected chi connectivity index (χ4v) is 2.17. The van der Waals surface area contributed by atoms with E-state index in [2.05, 4.69) is 27.8 Å². The van der Waals surface area contributed by atoms with Crippen LogP contribution in [0.25, 0.3) is 11.4 Å². The van der Waals surface area contributed by atoms with E-state index in [1.165, 1.54) is 5.56 Å². The molecule has 1 aliphatic heterocycles. The van der Waals surface area contributed by atoms with Gasteiger partial charge in [-0.1, -0.05) is 6.42 Å². The molecule has 4 heteroatoms. The van der Waals surface area contributed by atoms with Gasteiger partial charge in [0.05, 0.1) is 5.82 Å². The number of rotatable bonds is 0. The molecule has 1 aromatic carbocycles. The SMILES string of the molecule is N#Cc1cn2c(n1)-c1[c-]cccc1CCC2.[Ir]. The molecule has 0 amide bonds. The second-order valence-corrected chi connectivity index (χ2v) is 3.93. The largest absolute Gasteiger partial charge is 0.369 e. The minimum Gasteiger partial charge on any atom is -0.369 e. The van der Waals surface area contributed by atoms with Crippen molar-refractivity contribution in [2.45, 2.75) is 19.4 Å². The third-order valence-electron chi connectivity index (χ3n) is 2.90. The molecule has 0 saturated heterocycles. The second-order valence-electron chi connectivity index (χ2n) is 3.93. The van der Waals surface area contributed by atoms with E-state index in [1.807, 2.05) is 18.3 Å². The smallest absolute Gasteiger partial charge is 0.147 e. The van der Waals surface area contributed by atoms with Crippen LogP contribution in [0.1, 0.15) is 17.7 Å². The van der Waals surface area contributed by atoms with Crippen LogP contribution >= 0.6 is 0 Å². The van der Waals surface area contributed by atoms with E-state index in [0.29, 0.717) is 5.69 Å². The van der Waals surface area contributed by atoms with Gasteiger partial charge in [0.2, 0.25) is 0 Å². The molecular weight excluding hydrogens is 390 g/mol. The van der Waals surface area contributed by atoms with Gasteiger partial charge in [-0.25, -0.2) is 0 Å². The monoisotopic (exact) mass is 401 g/mol. The van der Waals surface area contributed by atoms with Gasteiger partial charge in [0.15, 0.2) is 0 Å². The van der Waals surface area contributed by atoms with Crippen LogP contribution in [0.4, 0.5) is 0 Å².